The van der Waals surface area contributed by atoms with Gasteiger partial charge in [-0.25, -0.2) is 9.59 Å². The third-order valence-corrected chi connectivity index (χ3v) is 5.33. The van der Waals surface area contributed by atoms with E-state index in [1.165, 1.54) is 0 Å². The number of hydrogen-bond donors (Lipinski definition) is 1. The summed E-state index contributed by atoms with van der Waals surface area (Å²) in [5, 5.41) is 3.04. The van der Waals surface area contributed by atoms with Crippen LogP contribution in [0.25, 0.3) is 0 Å². The monoisotopic (exact) mass is 403 g/mol. The van der Waals surface area contributed by atoms with Crippen LogP contribution in [0.4, 0.5) is 9.59 Å². The van der Waals surface area contributed by atoms with Crippen LogP contribution in [0.15, 0.2) is 15.9 Å². The molecule has 0 spiro atoms. The summed E-state index contributed by atoms with van der Waals surface area (Å²) in [5.74, 6) is 0. The molecule has 1 N–H and O–H groups in total. The molecule has 1 aromatic heterocycles. The number of hydrogen-bond acceptors (Lipinski definition) is 4. The number of nitrogens with one attached hydrogen (secondary N) is 1. The second-order valence-electron chi connectivity index (χ2n) is 5.47. The van der Waals surface area contributed by atoms with E-state index >= 15 is 0 Å². The van der Waals surface area contributed by atoms with Crippen molar-refractivity contribution in [3.05, 3.63) is 20.8 Å². The third-order valence-electron chi connectivity index (χ3n) is 3.72. The summed E-state index contributed by atoms with van der Waals surface area (Å²) >= 11 is 5.05. The van der Waals surface area contributed by atoms with Gasteiger partial charge in [0.1, 0.15) is 0 Å². The molecule has 0 radical (unpaired) electrons. The van der Waals surface area contributed by atoms with Gasteiger partial charge in [0.2, 0.25) is 0 Å². The number of amides is 3. The molecule has 1 saturated heterocycles. The number of halogens is 1. The molecule has 1 aromatic rings. The maximum atomic E-state index is 12.2. The van der Waals surface area contributed by atoms with Gasteiger partial charge in [0.15, 0.2) is 0 Å². The van der Waals surface area contributed by atoms with Gasteiger partial charge in [-0.15, -0.1) is 11.3 Å². The van der Waals surface area contributed by atoms with Gasteiger partial charge in [-0.1, -0.05) is 0 Å². The van der Waals surface area contributed by atoms with E-state index in [0.29, 0.717) is 26.2 Å². The van der Waals surface area contributed by atoms with Crippen molar-refractivity contribution in [3.63, 3.8) is 0 Å². The Morgan fingerprint density at radius 2 is 2.13 bits per heavy atom. The van der Waals surface area contributed by atoms with Gasteiger partial charge >= 0.3 is 12.1 Å². The van der Waals surface area contributed by atoms with Crippen LogP contribution in [0.1, 0.15) is 24.6 Å². The van der Waals surface area contributed by atoms with E-state index in [-0.39, 0.29) is 18.2 Å². The average Bonchev–Trinajstić information content (AvgIpc) is 2.93. The van der Waals surface area contributed by atoms with Crippen LogP contribution in [0.5, 0.6) is 0 Å². The molecule has 0 atom stereocenters. The van der Waals surface area contributed by atoms with E-state index in [9.17, 15) is 9.59 Å². The molecule has 3 amide bonds. The molecule has 0 aromatic carbocycles. The first-order valence-electron chi connectivity index (χ1n) is 7.67. The number of carbonyl (C=O) groups is 2. The lowest BCUT2D eigenvalue weighted by molar-refractivity contribution is 0.0952. The molecule has 0 bridgehead atoms. The van der Waals surface area contributed by atoms with Crippen LogP contribution >= 0.6 is 27.3 Å². The van der Waals surface area contributed by atoms with Crippen LogP contribution in [0, 0.1) is 0 Å². The molecule has 2 rings (SSSR count). The first-order chi connectivity index (χ1) is 11.0. The Bertz CT molecular complexity index is 544. The number of thiophene rings is 1. The Balaban J connectivity index is 1.74. The van der Waals surface area contributed by atoms with Crippen molar-refractivity contribution in [2.24, 2.45) is 0 Å². The van der Waals surface area contributed by atoms with Crippen molar-refractivity contribution in [1.82, 2.24) is 15.1 Å². The molecule has 8 heteroatoms. The molecule has 1 aliphatic heterocycles. The highest BCUT2D eigenvalue weighted by Gasteiger charge is 2.25. The molecule has 0 unspecified atom stereocenters. The SMILES string of the molecule is CCOC(=O)N1CCC(NC(=O)N(C)Cc2ccc(Br)s2)CC1. The number of nitrogens with zero attached hydrogens (tertiary/aromatic N) is 2. The molecule has 1 aliphatic rings. The van der Waals surface area contributed by atoms with Crippen LogP contribution in [-0.4, -0.2) is 54.7 Å². The summed E-state index contributed by atoms with van der Waals surface area (Å²) in [4.78, 5) is 28.4. The van der Waals surface area contributed by atoms with E-state index in [1.807, 2.05) is 12.1 Å². The first kappa shape index (κ1) is 18.1. The Morgan fingerprint density at radius 3 is 2.70 bits per heavy atom. The number of likely N-dealkylation sites (tertiary alicyclic amines) is 1. The minimum atomic E-state index is -0.266. The van der Waals surface area contributed by atoms with Crippen LogP contribution in [0.2, 0.25) is 0 Å². The van der Waals surface area contributed by atoms with Crippen LogP contribution < -0.4 is 5.32 Å². The summed E-state index contributed by atoms with van der Waals surface area (Å²) in [6.07, 6.45) is 1.24. The van der Waals surface area contributed by atoms with Crippen LogP contribution in [0.3, 0.4) is 0 Å². The summed E-state index contributed by atoms with van der Waals surface area (Å²) < 4.78 is 6.06. The Hall–Kier alpha value is -1.28. The minimum absolute atomic E-state index is 0.0795. The highest BCUT2D eigenvalue weighted by Crippen LogP contribution is 2.23. The highest BCUT2D eigenvalue weighted by atomic mass is 79.9. The van der Waals surface area contributed by atoms with Gasteiger partial charge < -0.3 is 19.9 Å². The van der Waals surface area contributed by atoms with E-state index in [1.54, 1.807) is 35.1 Å². The molecule has 2 heterocycles. The Labute approximate surface area is 148 Å². The van der Waals surface area contributed by atoms with E-state index in [0.717, 1.165) is 21.5 Å². The fourth-order valence-corrected chi connectivity index (χ4v) is 3.99. The topological polar surface area (TPSA) is 61.9 Å². The molecule has 23 heavy (non-hydrogen) atoms. The Morgan fingerprint density at radius 1 is 1.43 bits per heavy atom. The number of piperidine rings is 1. The maximum absolute atomic E-state index is 12.2. The Kier molecular flexibility index (Phi) is 6.71. The average molecular weight is 404 g/mol. The third kappa shape index (κ3) is 5.39. The largest absolute Gasteiger partial charge is 0.450 e. The quantitative estimate of drug-likeness (QED) is 0.838. The van der Waals surface area contributed by atoms with Crippen molar-refractivity contribution in [1.29, 1.82) is 0 Å². The fourth-order valence-electron chi connectivity index (χ4n) is 2.45. The van der Waals surface area contributed by atoms with Crippen molar-refractivity contribution in [2.75, 3.05) is 26.7 Å². The van der Waals surface area contributed by atoms with Crippen molar-refractivity contribution in [2.45, 2.75) is 32.4 Å². The number of carbonyl (C=O) groups excluding carboxylic acids is 2. The predicted molar refractivity (Wildman–Crippen MR) is 93.6 cm³/mol. The zero-order valence-corrected chi connectivity index (χ0v) is 15.8. The van der Waals surface area contributed by atoms with Gasteiger partial charge in [0, 0.05) is 31.1 Å². The lowest BCUT2D eigenvalue weighted by atomic mass is 10.1. The van der Waals surface area contributed by atoms with E-state index < -0.39 is 0 Å². The van der Waals surface area contributed by atoms with Gasteiger partial charge in [0.25, 0.3) is 0 Å². The number of ether oxygens (including phenoxy) is 1. The minimum Gasteiger partial charge on any atom is -0.450 e. The molecular weight excluding hydrogens is 382 g/mol. The smallest absolute Gasteiger partial charge is 0.409 e. The first-order valence-corrected chi connectivity index (χ1v) is 9.28. The lowest BCUT2D eigenvalue weighted by Crippen LogP contribution is -2.49. The standard InChI is InChI=1S/C15H22BrN3O3S/c1-3-22-15(21)19-8-6-11(7-9-19)17-14(20)18(2)10-12-4-5-13(16)23-12/h4-5,11H,3,6-10H2,1-2H3,(H,17,20). The van der Waals surface area contributed by atoms with Gasteiger partial charge in [-0.3, -0.25) is 0 Å². The zero-order chi connectivity index (χ0) is 16.8. The van der Waals surface area contributed by atoms with E-state index in [4.69, 9.17) is 4.74 Å². The zero-order valence-electron chi connectivity index (χ0n) is 13.4. The summed E-state index contributed by atoms with van der Waals surface area (Å²) in [6, 6.07) is 4.02. The molecule has 6 nitrogen and oxygen atoms in total. The fraction of sp³-hybridized carbons (Fsp3) is 0.600. The number of urea groups is 1. The normalized spacial score (nSPS) is 15.3. The summed E-state index contributed by atoms with van der Waals surface area (Å²) in [7, 11) is 1.79. The highest BCUT2D eigenvalue weighted by molar-refractivity contribution is 9.11. The number of rotatable bonds is 4. The predicted octanol–water partition coefficient (Wildman–Crippen LogP) is 3.27. The molecule has 0 saturated carbocycles. The van der Waals surface area contributed by atoms with Gasteiger partial charge in [-0.05, 0) is 47.8 Å². The van der Waals surface area contributed by atoms with Crippen molar-refractivity contribution >= 4 is 39.4 Å². The molecular formula is C15H22BrN3O3S. The summed E-state index contributed by atoms with van der Waals surface area (Å²) in [6.45, 7) is 4.01. The van der Waals surface area contributed by atoms with Gasteiger partial charge in [0.05, 0.1) is 16.9 Å². The van der Waals surface area contributed by atoms with E-state index in [2.05, 4.69) is 21.2 Å². The molecule has 1 fully saturated rings. The lowest BCUT2D eigenvalue weighted by Gasteiger charge is -2.32. The van der Waals surface area contributed by atoms with Crippen LogP contribution in [-0.2, 0) is 11.3 Å². The second kappa shape index (κ2) is 8.54. The van der Waals surface area contributed by atoms with Crippen molar-refractivity contribution < 1.29 is 14.3 Å². The molecule has 128 valence electrons. The van der Waals surface area contributed by atoms with Crippen molar-refractivity contribution in [3.8, 4) is 0 Å². The summed E-state index contributed by atoms with van der Waals surface area (Å²) in [5.41, 5.74) is 0. The maximum Gasteiger partial charge on any atom is 0.409 e. The molecule has 0 aliphatic carbocycles. The second-order valence-corrected chi connectivity index (χ2v) is 8.02. The van der Waals surface area contributed by atoms with Gasteiger partial charge in [-0.2, -0.15) is 0 Å².